The van der Waals surface area contributed by atoms with E-state index in [9.17, 15) is 24.2 Å². The second-order valence-electron chi connectivity index (χ2n) is 8.76. The van der Waals surface area contributed by atoms with Crippen molar-refractivity contribution in [2.75, 3.05) is 13.7 Å². The van der Waals surface area contributed by atoms with Crippen LogP contribution in [0.25, 0.3) is 5.69 Å². The van der Waals surface area contributed by atoms with Gasteiger partial charge in [-0.3, -0.25) is 9.59 Å². The molecule has 11 heteroatoms. The molecule has 2 unspecified atom stereocenters. The van der Waals surface area contributed by atoms with Crippen molar-refractivity contribution in [3.8, 4) is 11.6 Å². The van der Waals surface area contributed by atoms with Crippen LogP contribution in [0.5, 0.6) is 5.88 Å². The van der Waals surface area contributed by atoms with Crippen molar-refractivity contribution >= 4 is 11.9 Å². The first-order valence-corrected chi connectivity index (χ1v) is 12.1. The summed E-state index contributed by atoms with van der Waals surface area (Å²) in [7, 11) is 1.62. The van der Waals surface area contributed by atoms with Crippen LogP contribution in [0.1, 0.15) is 46.9 Å². The van der Waals surface area contributed by atoms with Gasteiger partial charge in [-0.15, -0.1) is 0 Å². The number of rotatable bonds is 14. The lowest BCUT2D eigenvalue weighted by Crippen LogP contribution is -2.26. The lowest BCUT2D eigenvalue weighted by molar-refractivity contribution is -0.139. The minimum absolute atomic E-state index is 0.114. The zero-order chi connectivity index (χ0) is 27.7. The summed E-state index contributed by atoms with van der Waals surface area (Å²) in [5.41, 5.74) is 2.91. The lowest BCUT2D eigenvalue weighted by atomic mass is 10.1. The van der Waals surface area contributed by atoms with E-state index in [4.69, 9.17) is 14.6 Å². The van der Waals surface area contributed by atoms with Crippen LogP contribution in [0.15, 0.2) is 48.5 Å². The largest absolute Gasteiger partial charge is 0.481 e. The van der Waals surface area contributed by atoms with E-state index in [-0.39, 0.29) is 31.1 Å². The molecule has 0 fully saturated rings. The van der Waals surface area contributed by atoms with Gasteiger partial charge in [0.05, 0.1) is 30.9 Å². The quantitative estimate of drug-likeness (QED) is 0.250. The Kier molecular flexibility index (Phi) is 10.3. The Morgan fingerprint density at radius 1 is 1.05 bits per heavy atom. The maximum absolute atomic E-state index is 13.5. The van der Waals surface area contributed by atoms with Crippen molar-refractivity contribution in [1.29, 1.82) is 0 Å². The molecule has 0 aliphatic heterocycles. The van der Waals surface area contributed by atoms with Crippen LogP contribution in [0.2, 0.25) is 0 Å². The fourth-order valence-corrected chi connectivity index (χ4v) is 3.87. The Hall–Kier alpha value is -3.80. The Morgan fingerprint density at radius 2 is 1.71 bits per heavy atom. The molecule has 1 aromatic heterocycles. The Bertz CT molecular complexity index is 1210. The number of amides is 1. The number of halogens is 1. The number of nitrogens with one attached hydrogen (secondary N) is 1. The highest BCUT2D eigenvalue weighted by Crippen LogP contribution is 2.28. The number of aromatic nitrogens is 2. The molecular weight excluding hydrogens is 497 g/mol. The van der Waals surface area contributed by atoms with Gasteiger partial charge >= 0.3 is 5.97 Å². The molecule has 0 saturated carbocycles. The van der Waals surface area contributed by atoms with Crippen molar-refractivity contribution < 1.29 is 38.8 Å². The van der Waals surface area contributed by atoms with Crippen molar-refractivity contribution in [2.45, 2.75) is 51.5 Å². The van der Waals surface area contributed by atoms with E-state index in [1.54, 1.807) is 7.11 Å². The van der Waals surface area contributed by atoms with Crippen LogP contribution in [0, 0.1) is 5.82 Å². The molecule has 38 heavy (non-hydrogen) atoms. The minimum Gasteiger partial charge on any atom is -0.481 e. The second kappa shape index (κ2) is 13.7. The average molecular weight is 530 g/mol. The maximum Gasteiger partial charge on any atom is 0.305 e. The zero-order valence-electron chi connectivity index (χ0n) is 21.3. The zero-order valence-corrected chi connectivity index (χ0v) is 21.3. The lowest BCUT2D eigenvalue weighted by Gasteiger charge is -2.16. The number of hydrogen-bond acceptors (Lipinski definition) is 7. The van der Waals surface area contributed by atoms with E-state index in [1.165, 1.54) is 28.9 Å². The summed E-state index contributed by atoms with van der Waals surface area (Å²) in [6.07, 6.45) is -2.78. The third kappa shape index (κ3) is 7.85. The van der Waals surface area contributed by atoms with Gasteiger partial charge in [-0.1, -0.05) is 31.2 Å². The molecule has 204 valence electrons. The van der Waals surface area contributed by atoms with Gasteiger partial charge in [-0.05, 0) is 41.8 Å². The molecule has 0 spiro atoms. The van der Waals surface area contributed by atoms with Crippen molar-refractivity contribution in [3.05, 3.63) is 76.7 Å². The van der Waals surface area contributed by atoms with Crippen LogP contribution < -0.4 is 10.1 Å². The van der Waals surface area contributed by atoms with Crippen LogP contribution in [-0.2, 0) is 29.1 Å². The third-order valence-corrected chi connectivity index (χ3v) is 5.73. The smallest absolute Gasteiger partial charge is 0.305 e. The number of ether oxygens (including phenoxy) is 2. The highest BCUT2D eigenvalue weighted by molar-refractivity contribution is 5.94. The fourth-order valence-electron chi connectivity index (χ4n) is 3.87. The number of nitrogens with zero attached hydrogens (tertiary/aromatic N) is 2. The van der Waals surface area contributed by atoms with Gasteiger partial charge in [0.15, 0.2) is 5.69 Å². The molecule has 1 amide bonds. The molecule has 0 radical (unpaired) electrons. The average Bonchev–Trinajstić information content (AvgIpc) is 3.25. The number of carbonyl (C=O) groups is 2. The van der Waals surface area contributed by atoms with Crippen LogP contribution >= 0.6 is 0 Å². The molecule has 0 bridgehead atoms. The summed E-state index contributed by atoms with van der Waals surface area (Å²) in [4.78, 5) is 23.9. The SMILES string of the molecule is CCc1c(C(=O)NCc2ccc(COC)cc2)nn(-c2ccc(F)cc2)c1OCC(O)CC(O)CC(=O)O. The Balaban J connectivity index is 1.82. The van der Waals surface area contributed by atoms with E-state index in [1.807, 2.05) is 31.2 Å². The van der Waals surface area contributed by atoms with Crippen LogP contribution in [0.3, 0.4) is 0 Å². The predicted molar refractivity (Wildman–Crippen MR) is 136 cm³/mol. The molecule has 1 heterocycles. The fraction of sp³-hybridized carbons (Fsp3) is 0.370. The number of carbonyl (C=O) groups excluding carboxylic acids is 1. The first-order valence-electron chi connectivity index (χ1n) is 12.1. The number of carboxylic acid groups (broad SMARTS) is 1. The second-order valence-corrected chi connectivity index (χ2v) is 8.76. The van der Waals surface area contributed by atoms with Gasteiger partial charge in [0.25, 0.3) is 5.91 Å². The molecule has 3 aromatic rings. The molecular formula is C27H32FN3O7. The van der Waals surface area contributed by atoms with E-state index >= 15 is 0 Å². The molecule has 4 N–H and O–H groups in total. The van der Waals surface area contributed by atoms with Crippen molar-refractivity contribution in [2.24, 2.45) is 0 Å². The first kappa shape index (κ1) is 28.8. The highest BCUT2D eigenvalue weighted by atomic mass is 19.1. The normalized spacial score (nSPS) is 12.7. The van der Waals surface area contributed by atoms with Crippen molar-refractivity contribution in [1.82, 2.24) is 15.1 Å². The number of benzene rings is 2. The Morgan fingerprint density at radius 3 is 2.32 bits per heavy atom. The van der Waals surface area contributed by atoms with E-state index in [0.717, 1.165) is 11.1 Å². The monoisotopic (exact) mass is 529 g/mol. The molecule has 10 nitrogen and oxygen atoms in total. The summed E-state index contributed by atoms with van der Waals surface area (Å²) < 4.78 is 25.9. The highest BCUT2D eigenvalue weighted by Gasteiger charge is 2.25. The van der Waals surface area contributed by atoms with E-state index in [2.05, 4.69) is 10.4 Å². The Labute approximate surface area is 219 Å². The number of methoxy groups -OCH3 is 1. The molecule has 2 aromatic carbocycles. The van der Waals surface area contributed by atoms with Gasteiger partial charge in [0.1, 0.15) is 12.4 Å². The summed E-state index contributed by atoms with van der Waals surface area (Å²) >= 11 is 0. The summed E-state index contributed by atoms with van der Waals surface area (Å²) in [5, 5.41) is 36.2. The third-order valence-electron chi connectivity index (χ3n) is 5.73. The van der Waals surface area contributed by atoms with Crippen LogP contribution in [-0.4, -0.2) is 62.9 Å². The predicted octanol–water partition coefficient (Wildman–Crippen LogP) is 2.62. The van der Waals surface area contributed by atoms with Gasteiger partial charge < -0.3 is 30.1 Å². The topological polar surface area (TPSA) is 143 Å². The van der Waals surface area contributed by atoms with E-state index < -0.39 is 36.3 Å². The van der Waals surface area contributed by atoms with Crippen LogP contribution in [0.4, 0.5) is 4.39 Å². The van der Waals surface area contributed by atoms with Gasteiger partial charge in [0.2, 0.25) is 5.88 Å². The summed E-state index contributed by atoms with van der Waals surface area (Å²) in [6.45, 7) is 2.28. The van der Waals surface area contributed by atoms with Gasteiger partial charge in [-0.2, -0.15) is 5.10 Å². The summed E-state index contributed by atoms with van der Waals surface area (Å²) in [6, 6.07) is 13.1. The van der Waals surface area contributed by atoms with Crippen molar-refractivity contribution in [3.63, 3.8) is 0 Å². The number of hydrogen-bond donors (Lipinski definition) is 4. The first-order chi connectivity index (χ1) is 18.2. The number of aliphatic hydroxyl groups excluding tert-OH is 2. The number of aliphatic hydroxyl groups is 2. The number of aliphatic carboxylic acids is 1. The molecule has 0 saturated heterocycles. The van der Waals surface area contributed by atoms with Gasteiger partial charge in [-0.25, -0.2) is 9.07 Å². The molecule has 0 aliphatic rings. The van der Waals surface area contributed by atoms with Gasteiger partial charge in [0, 0.05) is 25.6 Å². The minimum atomic E-state index is -1.25. The molecule has 3 rings (SSSR count). The van der Waals surface area contributed by atoms with E-state index in [0.29, 0.717) is 24.3 Å². The molecule has 2 atom stereocenters. The number of carboxylic acids is 1. The molecule has 0 aliphatic carbocycles. The summed E-state index contributed by atoms with van der Waals surface area (Å²) in [5.74, 6) is -1.89. The standard InChI is InChI=1S/C27H32FN3O7/c1-3-23-25(26(36)29-14-17-4-6-18(7-5-17)15-37-2)30-31(20-10-8-19(28)9-11-20)27(23)38-16-22(33)12-21(32)13-24(34)35/h4-11,21-22,32-33H,3,12-16H2,1-2H3,(H,29,36)(H,34,35). The maximum atomic E-state index is 13.5.